The molecular formula is C6H13NO. The second-order valence-corrected chi connectivity index (χ2v) is 1.81. The molecule has 0 bridgehead atoms. The zero-order valence-corrected chi connectivity index (χ0v) is 5.69. The Morgan fingerprint density at radius 1 is 1.50 bits per heavy atom. The summed E-state index contributed by atoms with van der Waals surface area (Å²) >= 11 is 0. The van der Waals surface area contributed by atoms with Crippen molar-refractivity contribution in [1.29, 1.82) is 0 Å². The Morgan fingerprint density at radius 2 is 2.00 bits per heavy atom. The predicted octanol–water partition coefficient (Wildman–Crippen LogP) is 1.58. The van der Waals surface area contributed by atoms with E-state index >= 15 is 0 Å². The Hall–Kier alpha value is -0.500. The molecule has 2 heteroatoms. The highest BCUT2D eigenvalue weighted by atomic mass is 16.6. The van der Waals surface area contributed by atoms with Gasteiger partial charge in [-0.3, -0.25) is 0 Å². The predicted molar refractivity (Wildman–Crippen MR) is 33.9 cm³/mol. The highest BCUT2D eigenvalue weighted by molar-refractivity contribution is 5.01. The van der Waals surface area contributed by atoms with E-state index in [9.17, 15) is 0 Å². The smallest absolute Gasteiger partial charge is 0.119 e. The molecular weight excluding hydrogens is 102 g/mol. The molecule has 8 heavy (non-hydrogen) atoms. The van der Waals surface area contributed by atoms with Crippen LogP contribution in [0.1, 0.15) is 27.2 Å². The van der Waals surface area contributed by atoms with E-state index in [2.05, 4.69) is 11.8 Å². The molecule has 0 fully saturated rings. The third-order valence-corrected chi connectivity index (χ3v) is 1.31. The fraction of sp³-hybridized carbons (Fsp3) is 0.667. The van der Waals surface area contributed by atoms with E-state index in [1.165, 1.54) is 5.57 Å². The highest BCUT2D eigenvalue weighted by Crippen LogP contribution is 2.04. The number of hydrogen-bond donors (Lipinski definition) is 1. The summed E-state index contributed by atoms with van der Waals surface area (Å²) < 4.78 is 0. The van der Waals surface area contributed by atoms with Gasteiger partial charge in [-0.15, -0.1) is 0 Å². The number of allylic oxidation sites excluding steroid dienone is 2. The molecule has 0 aromatic carbocycles. The van der Waals surface area contributed by atoms with E-state index in [0.717, 1.165) is 12.2 Å². The second-order valence-electron chi connectivity index (χ2n) is 1.81. The summed E-state index contributed by atoms with van der Waals surface area (Å²) in [4.78, 5) is 4.48. The Labute approximate surface area is 50.3 Å². The summed E-state index contributed by atoms with van der Waals surface area (Å²) in [6, 6.07) is 0. The fourth-order valence-electron chi connectivity index (χ4n) is 0.350. The van der Waals surface area contributed by atoms with E-state index in [1.807, 2.05) is 13.8 Å². The molecule has 0 aliphatic rings. The zero-order chi connectivity index (χ0) is 6.57. The van der Waals surface area contributed by atoms with Gasteiger partial charge in [-0.05, 0) is 25.8 Å². The average molecular weight is 115 g/mol. The largest absolute Gasteiger partial charge is 0.416 e. The van der Waals surface area contributed by atoms with Gasteiger partial charge in [0.2, 0.25) is 0 Å². The molecule has 0 aliphatic heterocycles. The maximum absolute atomic E-state index is 4.89. The summed E-state index contributed by atoms with van der Waals surface area (Å²) in [6.45, 7) is 5.93. The lowest BCUT2D eigenvalue weighted by atomic mass is 10.2. The van der Waals surface area contributed by atoms with Crippen molar-refractivity contribution in [3.8, 4) is 0 Å². The third kappa shape index (κ3) is 1.98. The standard InChI is InChI=1S/C6H13NO/c1-4-5(2)6(3)8-7/h4,7H2,1-3H3/b6-5-. The molecule has 0 saturated carbocycles. The minimum absolute atomic E-state index is 0.826. The van der Waals surface area contributed by atoms with Crippen molar-refractivity contribution in [2.75, 3.05) is 0 Å². The molecule has 0 aromatic heterocycles. The number of hydrogen-bond acceptors (Lipinski definition) is 2. The van der Waals surface area contributed by atoms with Gasteiger partial charge in [0.05, 0.1) is 0 Å². The van der Waals surface area contributed by atoms with Crippen LogP contribution in [0.5, 0.6) is 0 Å². The van der Waals surface area contributed by atoms with Crippen LogP contribution in [-0.2, 0) is 4.84 Å². The van der Waals surface area contributed by atoms with E-state index in [0.29, 0.717) is 0 Å². The average Bonchev–Trinajstić information content (AvgIpc) is 1.84. The summed E-state index contributed by atoms with van der Waals surface area (Å²) in [7, 11) is 0. The SMILES string of the molecule is CC/C(C)=C(/C)ON. The second kappa shape index (κ2) is 3.50. The van der Waals surface area contributed by atoms with Crippen molar-refractivity contribution in [3.05, 3.63) is 11.3 Å². The van der Waals surface area contributed by atoms with E-state index in [-0.39, 0.29) is 0 Å². The molecule has 48 valence electrons. The first kappa shape index (κ1) is 7.50. The van der Waals surface area contributed by atoms with Gasteiger partial charge in [-0.25, -0.2) is 0 Å². The zero-order valence-electron chi connectivity index (χ0n) is 5.69. The summed E-state index contributed by atoms with van der Waals surface area (Å²) in [5, 5.41) is 0. The minimum atomic E-state index is 0.826. The Kier molecular flexibility index (Phi) is 3.28. The van der Waals surface area contributed by atoms with Crippen LogP contribution in [0.15, 0.2) is 11.3 Å². The van der Waals surface area contributed by atoms with Crippen LogP contribution in [0, 0.1) is 0 Å². The van der Waals surface area contributed by atoms with Crippen molar-refractivity contribution in [2.45, 2.75) is 27.2 Å². The Bertz CT molecular complexity index is 84.7. The Balaban J connectivity index is 3.83. The molecule has 0 atom stereocenters. The van der Waals surface area contributed by atoms with E-state index in [4.69, 9.17) is 5.90 Å². The van der Waals surface area contributed by atoms with Crippen molar-refractivity contribution < 1.29 is 4.84 Å². The lowest BCUT2D eigenvalue weighted by molar-refractivity contribution is 0.218. The molecule has 0 spiro atoms. The molecule has 0 aliphatic carbocycles. The maximum atomic E-state index is 4.89. The van der Waals surface area contributed by atoms with Gasteiger partial charge in [-0.1, -0.05) is 6.92 Å². The van der Waals surface area contributed by atoms with Gasteiger partial charge < -0.3 is 4.84 Å². The van der Waals surface area contributed by atoms with Crippen LogP contribution >= 0.6 is 0 Å². The van der Waals surface area contributed by atoms with Crippen molar-refractivity contribution in [3.63, 3.8) is 0 Å². The molecule has 0 heterocycles. The first-order chi connectivity index (χ1) is 3.72. The lowest BCUT2D eigenvalue weighted by Gasteiger charge is -2.00. The van der Waals surface area contributed by atoms with E-state index in [1.54, 1.807) is 0 Å². The molecule has 0 radical (unpaired) electrons. The van der Waals surface area contributed by atoms with Crippen LogP contribution in [0.2, 0.25) is 0 Å². The molecule has 0 saturated heterocycles. The number of nitrogens with two attached hydrogens (primary N) is 1. The van der Waals surface area contributed by atoms with Crippen molar-refractivity contribution in [1.82, 2.24) is 0 Å². The first-order valence-corrected chi connectivity index (χ1v) is 2.75. The maximum Gasteiger partial charge on any atom is 0.119 e. The van der Waals surface area contributed by atoms with Gasteiger partial charge in [0.25, 0.3) is 0 Å². The van der Waals surface area contributed by atoms with Crippen LogP contribution in [0.25, 0.3) is 0 Å². The van der Waals surface area contributed by atoms with Crippen LogP contribution < -0.4 is 5.90 Å². The Morgan fingerprint density at radius 3 is 2.12 bits per heavy atom. The third-order valence-electron chi connectivity index (χ3n) is 1.31. The van der Waals surface area contributed by atoms with Crippen LogP contribution in [-0.4, -0.2) is 0 Å². The summed E-state index contributed by atoms with van der Waals surface area (Å²) in [5.74, 6) is 5.72. The number of rotatable bonds is 2. The molecule has 2 N–H and O–H groups in total. The molecule has 0 unspecified atom stereocenters. The lowest BCUT2D eigenvalue weighted by Crippen LogP contribution is -1.97. The van der Waals surface area contributed by atoms with E-state index < -0.39 is 0 Å². The topological polar surface area (TPSA) is 35.2 Å². The van der Waals surface area contributed by atoms with Crippen molar-refractivity contribution in [2.24, 2.45) is 5.90 Å². The molecule has 0 aromatic rings. The quantitative estimate of drug-likeness (QED) is 0.438. The van der Waals surface area contributed by atoms with Gasteiger partial charge in [0.1, 0.15) is 5.76 Å². The minimum Gasteiger partial charge on any atom is -0.416 e. The van der Waals surface area contributed by atoms with Gasteiger partial charge >= 0.3 is 0 Å². The summed E-state index contributed by atoms with van der Waals surface area (Å²) in [5.41, 5.74) is 1.20. The van der Waals surface area contributed by atoms with Crippen LogP contribution in [0.4, 0.5) is 0 Å². The molecule has 0 rings (SSSR count). The van der Waals surface area contributed by atoms with Gasteiger partial charge in [0.15, 0.2) is 0 Å². The van der Waals surface area contributed by atoms with Crippen molar-refractivity contribution >= 4 is 0 Å². The van der Waals surface area contributed by atoms with Gasteiger partial charge in [0, 0.05) is 0 Å². The first-order valence-electron chi connectivity index (χ1n) is 2.75. The van der Waals surface area contributed by atoms with Crippen LogP contribution in [0.3, 0.4) is 0 Å². The highest BCUT2D eigenvalue weighted by Gasteiger charge is 1.90. The molecule has 0 amide bonds. The molecule has 2 nitrogen and oxygen atoms in total. The van der Waals surface area contributed by atoms with Gasteiger partial charge in [-0.2, -0.15) is 5.90 Å². The normalized spacial score (nSPS) is 13.0. The summed E-state index contributed by atoms with van der Waals surface area (Å²) in [6.07, 6.45) is 1.00. The monoisotopic (exact) mass is 115 g/mol. The fourth-order valence-corrected chi connectivity index (χ4v) is 0.350.